The second-order valence-corrected chi connectivity index (χ2v) is 5.43. The normalized spacial score (nSPS) is 11.9. The SMILES string of the molecule is Cc1[nH]nc(CN)c1S(=O)(=O)NCc1cnc[nH]1. The van der Waals surface area contributed by atoms with Crippen LogP contribution in [0.4, 0.5) is 0 Å². The molecule has 0 bridgehead atoms. The van der Waals surface area contributed by atoms with Gasteiger partial charge in [-0.05, 0) is 6.92 Å². The van der Waals surface area contributed by atoms with Crippen LogP contribution in [0.15, 0.2) is 17.4 Å². The third-order valence-corrected chi connectivity index (χ3v) is 4.03. The smallest absolute Gasteiger partial charge is 0.244 e. The summed E-state index contributed by atoms with van der Waals surface area (Å²) >= 11 is 0. The molecule has 0 aromatic carbocycles. The van der Waals surface area contributed by atoms with Crippen molar-refractivity contribution >= 4 is 10.0 Å². The first-order chi connectivity index (χ1) is 8.54. The standard InChI is InChI=1S/C9H14N6O2S/c1-6-9(8(2-10)15-14-6)18(16,17)13-4-7-3-11-5-12-7/h3,5,13H,2,4,10H2,1H3,(H,11,12)(H,14,15). The summed E-state index contributed by atoms with van der Waals surface area (Å²) in [5.41, 5.74) is 6.92. The van der Waals surface area contributed by atoms with Crippen LogP contribution in [0.1, 0.15) is 17.1 Å². The second-order valence-electron chi connectivity index (χ2n) is 3.73. The zero-order chi connectivity index (χ0) is 13.2. The first-order valence-corrected chi connectivity index (χ1v) is 6.73. The van der Waals surface area contributed by atoms with Crippen LogP contribution in [0.2, 0.25) is 0 Å². The minimum absolute atomic E-state index is 0.0602. The van der Waals surface area contributed by atoms with Crippen molar-refractivity contribution in [1.82, 2.24) is 24.9 Å². The second kappa shape index (κ2) is 4.88. The maximum atomic E-state index is 12.1. The lowest BCUT2D eigenvalue weighted by Crippen LogP contribution is -2.25. The summed E-state index contributed by atoms with van der Waals surface area (Å²) in [5, 5.41) is 6.47. The van der Waals surface area contributed by atoms with Gasteiger partial charge in [0.15, 0.2) is 0 Å². The fourth-order valence-electron chi connectivity index (χ4n) is 1.59. The first-order valence-electron chi connectivity index (χ1n) is 5.25. The van der Waals surface area contributed by atoms with Crippen LogP contribution in [-0.2, 0) is 23.1 Å². The molecule has 0 unspecified atom stereocenters. The molecule has 98 valence electrons. The van der Waals surface area contributed by atoms with Crippen molar-refractivity contribution in [3.05, 3.63) is 29.6 Å². The van der Waals surface area contributed by atoms with Crippen LogP contribution in [0.5, 0.6) is 0 Å². The predicted octanol–water partition coefficient (Wildman–Crippen LogP) is -0.622. The summed E-state index contributed by atoms with van der Waals surface area (Å²) < 4.78 is 26.7. The molecule has 0 atom stereocenters. The Kier molecular flexibility index (Phi) is 3.45. The highest BCUT2D eigenvalue weighted by molar-refractivity contribution is 7.89. The van der Waals surface area contributed by atoms with E-state index < -0.39 is 10.0 Å². The number of imidazole rings is 1. The summed E-state index contributed by atoms with van der Waals surface area (Å²) in [7, 11) is -3.64. The molecule has 0 saturated carbocycles. The third-order valence-electron chi connectivity index (χ3n) is 2.43. The summed E-state index contributed by atoms with van der Waals surface area (Å²) in [6.07, 6.45) is 3.03. The van der Waals surface area contributed by atoms with Gasteiger partial charge in [0.25, 0.3) is 0 Å². The van der Waals surface area contributed by atoms with Crippen molar-refractivity contribution in [3.8, 4) is 0 Å². The van der Waals surface area contributed by atoms with Gasteiger partial charge in [0.2, 0.25) is 10.0 Å². The number of aryl methyl sites for hydroxylation is 1. The van der Waals surface area contributed by atoms with E-state index in [-0.39, 0.29) is 18.0 Å². The van der Waals surface area contributed by atoms with E-state index in [4.69, 9.17) is 5.73 Å². The fourth-order valence-corrected chi connectivity index (χ4v) is 2.97. The molecular weight excluding hydrogens is 256 g/mol. The van der Waals surface area contributed by atoms with Crippen LogP contribution in [-0.4, -0.2) is 28.6 Å². The number of aromatic amines is 2. The summed E-state index contributed by atoms with van der Waals surface area (Å²) in [4.78, 5) is 6.74. The van der Waals surface area contributed by atoms with E-state index >= 15 is 0 Å². The van der Waals surface area contributed by atoms with E-state index in [1.54, 1.807) is 13.1 Å². The molecule has 0 spiro atoms. The Bertz CT molecular complexity index is 616. The van der Waals surface area contributed by atoms with Crippen molar-refractivity contribution in [2.75, 3.05) is 0 Å². The third kappa shape index (κ3) is 2.42. The Balaban J connectivity index is 2.22. The topological polar surface area (TPSA) is 130 Å². The Morgan fingerprint density at radius 1 is 1.50 bits per heavy atom. The number of hydrogen-bond donors (Lipinski definition) is 4. The lowest BCUT2D eigenvalue weighted by molar-refractivity contribution is 0.578. The molecular formula is C9H14N6O2S. The molecule has 0 fully saturated rings. The minimum Gasteiger partial charge on any atom is -0.347 e. The molecule has 8 nitrogen and oxygen atoms in total. The fraction of sp³-hybridized carbons (Fsp3) is 0.333. The van der Waals surface area contributed by atoms with Crippen molar-refractivity contribution in [2.45, 2.75) is 24.9 Å². The number of H-pyrrole nitrogens is 2. The molecule has 0 aliphatic heterocycles. The lowest BCUT2D eigenvalue weighted by Gasteiger charge is -2.06. The lowest BCUT2D eigenvalue weighted by atomic mass is 10.4. The number of nitrogens with two attached hydrogens (primary N) is 1. The van der Waals surface area contributed by atoms with Gasteiger partial charge in [-0.1, -0.05) is 0 Å². The molecule has 2 aromatic rings. The maximum absolute atomic E-state index is 12.1. The molecule has 0 aliphatic rings. The average molecular weight is 270 g/mol. The minimum atomic E-state index is -3.64. The van der Waals surface area contributed by atoms with Gasteiger partial charge in [0, 0.05) is 18.4 Å². The first kappa shape index (κ1) is 12.7. The van der Waals surface area contributed by atoms with Gasteiger partial charge >= 0.3 is 0 Å². The van der Waals surface area contributed by atoms with Crippen LogP contribution in [0, 0.1) is 6.92 Å². The van der Waals surface area contributed by atoms with E-state index in [0.717, 1.165) is 0 Å². The zero-order valence-corrected chi connectivity index (χ0v) is 10.6. The Morgan fingerprint density at radius 2 is 2.28 bits per heavy atom. The van der Waals surface area contributed by atoms with E-state index in [9.17, 15) is 8.42 Å². The van der Waals surface area contributed by atoms with E-state index in [1.807, 2.05) is 0 Å². The Labute approximate surface area is 104 Å². The average Bonchev–Trinajstić information content (AvgIpc) is 2.95. The molecule has 5 N–H and O–H groups in total. The summed E-state index contributed by atoms with van der Waals surface area (Å²) in [6, 6.07) is 0. The maximum Gasteiger partial charge on any atom is 0.244 e. The molecule has 9 heteroatoms. The van der Waals surface area contributed by atoms with E-state index in [0.29, 0.717) is 17.1 Å². The van der Waals surface area contributed by atoms with Gasteiger partial charge in [0.1, 0.15) is 4.90 Å². The summed E-state index contributed by atoms with van der Waals surface area (Å²) in [5.74, 6) is 0. The number of nitrogens with one attached hydrogen (secondary N) is 3. The van der Waals surface area contributed by atoms with Gasteiger partial charge in [-0.15, -0.1) is 0 Å². The molecule has 2 rings (SSSR count). The zero-order valence-electron chi connectivity index (χ0n) is 9.77. The molecule has 2 aromatic heterocycles. The predicted molar refractivity (Wildman–Crippen MR) is 63.8 cm³/mol. The highest BCUT2D eigenvalue weighted by atomic mass is 32.2. The van der Waals surface area contributed by atoms with Crippen molar-refractivity contribution in [2.24, 2.45) is 5.73 Å². The molecule has 0 radical (unpaired) electrons. The number of nitrogens with zero attached hydrogens (tertiary/aromatic N) is 2. The molecule has 2 heterocycles. The molecule has 0 saturated heterocycles. The van der Waals surface area contributed by atoms with Crippen molar-refractivity contribution < 1.29 is 8.42 Å². The molecule has 0 amide bonds. The highest BCUT2D eigenvalue weighted by Gasteiger charge is 2.23. The number of hydrogen-bond acceptors (Lipinski definition) is 5. The molecule has 0 aliphatic carbocycles. The highest BCUT2D eigenvalue weighted by Crippen LogP contribution is 2.17. The van der Waals surface area contributed by atoms with E-state index in [2.05, 4.69) is 24.9 Å². The van der Waals surface area contributed by atoms with Crippen LogP contribution in [0.25, 0.3) is 0 Å². The van der Waals surface area contributed by atoms with Crippen molar-refractivity contribution in [1.29, 1.82) is 0 Å². The Morgan fingerprint density at radius 3 is 2.89 bits per heavy atom. The number of aromatic nitrogens is 4. The van der Waals surface area contributed by atoms with Gasteiger partial charge in [-0.3, -0.25) is 5.10 Å². The van der Waals surface area contributed by atoms with Gasteiger partial charge < -0.3 is 10.7 Å². The summed E-state index contributed by atoms with van der Waals surface area (Å²) in [6.45, 7) is 1.83. The number of rotatable bonds is 5. The quantitative estimate of drug-likeness (QED) is 0.575. The van der Waals surface area contributed by atoms with Crippen LogP contribution in [0.3, 0.4) is 0 Å². The van der Waals surface area contributed by atoms with Gasteiger partial charge in [0.05, 0.1) is 24.3 Å². The van der Waals surface area contributed by atoms with Gasteiger partial charge in [-0.2, -0.15) is 5.10 Å². The van der Waals surface area contributed by atoms with Gasteiger partial charge in [-0.25, -0.2) is 18.1 Å². The van der Waals surface area contributed by atoms with Crippen molar-refractivity contribution in [3.63, 3.8) is 0 Å². The monoisotopic (exact) mass is 270 g/mol. The number of sulfonamides is 1. The largest absolute Gasteiger partial charge is 0.347 e. The van der Waals surface area contributed by atoms with Crippen LogP contribution >= 0.6 is 0 Å². The Hall–Kier alpha value is -1.71. The molecule has 18 heavy (non-hydrogen) atoms. The van der Waals surface area contributed by atoms with Crippen LogP contribution < -0.4 is 10.5 Å². The van der Waals surface area contributed by atoms with E-state index in [1.165, 1.54) is 6.33 Å².